The van der Waals surface area contributed by atoms with Gasteiger partial charge in [-0.25, -0.2) is 4.98 Å². The molecule has 1 aromatic carbocycles. The lowest BCUT2D eigenvalue weighted by atomic mass is 9.83. The number of aromatic nitrogens is 3. The summed E-state index contributed by atoms with van der Waals surface area (Å²) in [6, 6.07) is 6.95. The van der Waals surface area contributed by atoms with Crippen LogP contribution in [-0.2, 0) is 5.41 Å². The summed E-state index contributed by atoms with van der Waals surface area (Å²) < 4.78 is 5.81. The fourth-order valence-electron chi connectivity index (χ4n) is 3.59. The van der Waals surface area contributed by atoms with E-state index < -0.39 is 0 Å². The highest BCUT2D eigenvalue weighted by Crippen LogP contribution is 2.44. The smallest absolute Gasteiger partial charge is 0.320 e. The fourth-order valence-corrected chi connectivity index (χ4v) is 3.59. The molecule has 30 heavy (non-hydrogen) atoms. The Kier molecular flexibility index (Phi) is 5.06. The van der Waals surface area contributed by atoms with E-state index in [9.17, 15) is 0 Å². The van der Waals surface area contributed by atoms with Crippen LogP contribution < -0.4 is 5.32 Å². The average molecular weight is 401 g/mol. The van der Waals surface area contributed by atoms with Crippen LogP contribution in [0.25, 0.3) is 22.5 Å². The molecular formula is C25H28N4O. The van der Waals surface area contributed by atoms with Crippen molar-refractivity contribution in [2.24, 2.45) is 0 Å². The van der Waals surface area contributed by atoms with Gasteiger partial charge in [0, 0.05) is 11.1 Å². The van der Waals surface area contributed by atoms with Crippen LogP contribution in [0.15, 0.2) is 59.7 Å². The molecule has 4 rings (SSSR count). The van der Waals surface area contributed by atoms with Gasteiger partial charge in [0.25, 0.3) is 5.89 Å². The average Bonchev–Trinajstić information content (AvgIpc) is 3.44. The van der Waals surface area contributed by atoms with Gasteiger partial charge in [0.05, 0.1) is 5.52 Å². The minimum Gasteiger partial charge on any atom is -0.401 e. The molecule has 0 bridgehead atoms. The highest BCUT2D eigenvalue weighted by molar-refractivity contribution is 5.88. The van der Waals surface area contributed by atoms with Crippen molar-refractivity contribution < 1.29 is 4.42 Å². The molecule has 0 atom stereocenters. The first-order valence-electron chi connectivity index (χ1n) is 10.3. The highest BCUT2D eigenvalue weighted by atomic mass is 16.4. The van der Waals surface area contributed by atoms with Gasteiger partial charge in [-0.3, -0.25) is 0 Å². The van der Waals surface area contributed by atoms with Gasteiger partial charge in [-0.1, -0.05) is 57.2 Å². The Bertz CT molecular complexity index is 1160. The highest BCUT2D eigenvalue weighted by Gasteiger charge is 2.28. The summed E-state index contributed by atoms with van der Waals surface area (Å²) in [5.74, 6) is 1.08. The Balaban J connectivity index is 1.76. The van der Waals surface area contributed by atoms with Crippen molar-refractivity contribution in [1.29, 1.82) is 0 Å². The van der Waals surface area contributed by atoms with Gasteiger partial charge in [-0.2, -0.15) is 0 Å². The van der Waals surface area contributed by atoms with Crippen molar-refractivity contribution in [3.63, 3.8) is 0 Å². The number of anilines is 1. The zero-order valence-corrected chi connectivity index (χ0v) is 18.1. The lowest BCUT2D eigenvalue weighted by molar-refractivity contribution is 0.582. The van der Waals surface area contributed by atoms with E-state index in [-0.39, 0.29) is 11.4 Å². The minimum absolute atomic E-state index is 0.0159. The molecule has 154 valence electrons. The molecule has 0 saturated heterocycles. The summed E-state index contributed by atoms with van der Waals surface area (Å²) in [6.07, 6.45) is 7.80. The Hall–Kier alpha value is -3.21. The second-order valence-electron chi connectivity index (χ2n) is 8.97. The monoisotopic (exact) mass is 400 g/mol. The summed E-state index contributed by atoms with van der Waals surface area (Å²) in [5, 5.41) is 12.5. The molecule has 0 aliphatic heterocycles. The number of nitrogens with zero attached hydrogens (tertiary/aromatic N) is 3. The van der Waals surface area contributed by atoms with Gasteiger partial charge in [-0.05, 0) is 66.0 Å². The van der Waals surface area contributed by atoms with E-state index in [4.69, 9.17) is 9.40 Å². The predicted molar refractivity (Wildman–Crippen MR) is 123 cm³/mol. The van der Waals surface area contributed by atoms with E-state index in [1.54, 1.807) is 18.2 Å². The lowest BCUT2D eigenvalue weighted by Gasteiger charge is -2.23. The third kappa shape index (κ3) is 4.06. The van der Waals surface area contributed by atoms with E-state index in [1.807, 2.05) is 6.07 Å². The van der Waals surface area contributed by atoms with Crippen molar-refractivity contribution in [1.82, 2.24) is 15.2 Å². The standard InChI is InChI=1S/C25H28N4O/c1-7-8-9-16(3)26-24-29-28-23(30-24)21-12-15(2)19-13-18(17-10-11-17)14-20(22(19)27-21)25(4,5)6/h7-9,12-14,17H,1,3,10-11H2,2,4-6H3,(H,26,29)/b9-8-. The second-order valence-corrected chi connectivity index (χ2v) is 8.97. The van der Waals surface area contributed by atoms with Crippen molar-refractivity contribution in [3.8, 4) is 11.6 Å². The maximum absolute atomic E-state index is 5.81. The van der Waals surface area contributed by atoms with Gasteiger partial charge in [0.2, 0.25) is 0 Å². The van der Waals surface area contributed by atoms with Gasteiger partial charge >= 0.3 is 6.01 Å². The summed E-state index contributed by atoms with van der Waals surface area (Å²) in [7, 11) is 0. The fraction of sp³-hybridized carbons (Fsp3) is 0.320. The molecule has 1 aliphatic carbocycles. The Morgan fingerprint density at radius 1 is 1.20 bits per heavy atom. The summed E-state index contributed by atoms with van der Waals surface area (Å²) >= 11 is 0. The maximum Gasteiger partial charge on any atom is 0.320 e. The van der Waals surface area contributed by atoms with Crippen LogP contribution in [0, 0.1) is 6.92 Å². The zero-order chi connectivity index (χ0) is 21.5. The molecule has 0 unspecified atom stereocenters. The summed E-state index contributed by atoms with van der Waals surface area (Å²) in [4.78, 5) is 4.96. The number of nitrogens with one attached hydrogen (secondary N) is 1. The summed E-state index contributed by atoms with van der Waals surface area (Å²) in [5.41, 5.74) is 6.15. The number of benzene rings is 1. The van der Waals surface area contributed by atoms with Crippen molar-refractivity contribution in [3.05, 3.63) is 72.0 Å². The molecule has 1 aliphatic rings. The first-order valence-corrected chi connectivity index (χ1v) is 10.3. The Labute approximate surface area is 177 Å². The number of hydrogen-bond acceptors (Lipinski definition) is 5. The number of aryl methyl sites for hydroxylation is 1. The van der Waals surface area contributed by atoms with Crippen LogP contribution in [-0.4, -0.2) is 15.2 Å². The van der Waals surface area contributed by atoms with E-state index >= 15 is 0 Å². The van der Waals surface area contributed by atoms with Crippen LogP contribution in [0.5, 0.6) is 0 Å². The van der Waals surface area contributed by atoms with Crippen LogP contribution in [0.4, 0.5) is 6.01 Å². The first kappa shape index (κ1) is 20.1. The maximum atomic E-state index is 5.81. The first-order chi connectivity index (χ1) is 14.3. The van der Waals surface area contributed by atoms with Crippen LogP contribution in [0.3, 0.4) is 0 Å². The Morgan fingerprint density at radius 2 is 1.97 bits per heavy atom. The van der Waals surface area contributed by atoms with Crippen molar-refractivity contribution >= 4 is 16.9 Å². The van der Waals surface area contributed by atoms with Gasteiger partial charge in [0.1, 0.15) is 5.69 Å². The van der Waals surface area contributed by atoms with Crippen molar-refractivity contribution in [2.75, 3.05) is 5.32 Å². The molecule has 1 N–H and O–H groups in total. The number of pyridine rings is 1. The largest absolute Gasteiger partial charge is 0.401 e. The van der Waals surface area contributed by atoms with Gasteiger partial charge in [0.15, 0.2) is 0 Å². The van der Waals surface area contributed by atoms with E-state index in [2.05, 4.69) is 68.5 Å². The Morgan fingerprint density at radius 3 is 2.63 bits per heavy atom. The number of rotatable bonds is 6. The molecule has 1 saturated carbocycles. The van der Waals surface area contributed by atoms with E-state index in [0.29, 0.717) is 23.2 Å². The number of hydrogen-bond donors (Lipinski definition) is 1. The zero-order valence-electron chi connectivity index (χ0n) is 18.1. The topological polar surface area (TPSA) is 63.8 Å². The molecule has 0 spiro atoms. The van der Waals surface area contributed by atoms with Gasteiger partial charge in [-0.15, -0.1) is 5.10 Å². The van der Waals surface area contributed by atoms with Gasteiger partial charge < -0.3 is 9.73 Å². The van der Waals surface area contributed by atoms with Crippen LogP contribution in [0.2, 0.25) is 0 Å². The molecule has 0 amide bonds. The van der Waals surface area contributed by atoms with Crippen LogP contribution in [0.1, 0.15) is 56.2 Å². The quantitative estimate of drug-likeness (QED) is 0.483. The number of allylic oxidation sites excluding steroid dienone is 3. The van der Waals surface area contributed by atoms with E-state index in [1.165, 1.54) is 29.4 Å². The molecular weight excluding hydrogens is 372 g/mol. The SMILES string of the molecule is C=C/C=C\C(=C)Nc1nnc(-c2cc(C)c3cc(C4CC4)cc(C(C)(C)C)c3n2)o1. The third-order valence-electron chi connectivity index (χ3n) is 5.34. The van der Waals surface area contributed by atoms with Crippen LogP contribution >= 0.6 is 0 Å². The number of fused-ring (bicyclic) bond motifs is 1. The second kappa shape index (κ2) is 7.56. The molecule has 3 aromatic rings. The molecule has 2 heterocycles. The third-order valence-corrected chi connectivity index (χ3v) is 5.34. The minimum atomic E-state index is -0.0159. The molecule has 5 nitrogen and oxygen atoms in total. The van der Waals surface area contributed by atoms with Crippen molar-refractivity contribution in [2.45, 2.75) is 51.9 Å². The molecule has 0 radical (unpaired) electrons. The normalized spacial score (nSPS) is 14.4. The lowest BCUT2D eigenvalue weighted by Crippen LogP contribution is -2.13. The molecule has 1 fully saturated rings. The molecule has 2 aromatic heterocycles. The van der Waals surface area contributed by atoms with E-state index in [0.717, 1.165) is 11.1 Å². The molecule has 5 heteroatoms. The summed E-state index contributed by atoms with van der Waals surface area (Å²) in [6.45, 7) is 16.4. The predicted octanol–water partition coefficient (Wildman–Crippen LogP) is 6.44.